The van der Waals surface area contributed by atoms with Gasteiger partial charge < -0.3 is 15.2 Å². The average molecular weight is 524 g/mol. The number of aromatic nitrogens is 2. The predicted octanol–water partition coefficient (Wildman–Crippen LogP) is 0.698. The summed E-state index contributed by atoms with van der Waals surface area (Å²) in [4.78, 5) is 41.6. The van der Waals surface area contributed by atoms with Crippen LogP contribution in [0.4, 0.5) is 14.9 Å². The zero-order chi connectivity index (χ0) is 26.0. The minimum Gasteiger partial charge on any atom is -0.501 e. The Balaban J connectivity index is 1.49. The van der Waals surface area contributed by atoms with Crippen LogP contribution in [0.1, 0.15) is 47.1 Å². The number of benzene rings is 1. The second-order valence-corrected chi connectivity index (χ2v) is 10.6. The summed E-state index contributed by atoms with van der Waals surface area (Å²) < 4.78 is 46.5. The highest BCUT2D eigenvalue weighted by Crippen LogP contribution is 2.28. The number of nitrogens with zero attached hydrogens (tertiary/aromatic N) is 3. The van der Waals surface area contributed by atoms with E-state index in [4.69, 9.17) is 4.74 Å². The van der Waals surface area contributed by atoms with Crippen molar-refractivity contribution in [3.63, 3.8) is 0 Å². The maximum atomic E-state index is 13.9. The van der Waals surface area contributed by atoms with Crippen molar-refractivity contribution in [2.75, 3.05) is 29.8 Å². The second kappa shape index (κ2) is 10.2. The van der Waals surface area contributed by atoms with Crippen molar-refractivity contribution in [1.29, 1.82) is 0 Å². The molecule has 0 radical (unpaired) electrons. The van der Waals surface area contributed by atoms with Crippen molar-refractivity contribution in [3.05, 3.63) is 51.5 Å². The molecule has 4 rings (SSSR count). The molecule has 1 aromatic heterocycles. The molecule has 3 N–H and O–H groups in total. The number of ether oxygens (including phenoxy) is 1. The number of imide groups is 1. The fraction of sp³-hybridized carbons (Fsp3) is 0.455. The summed E-state index contributed by atoms with van der Waals surface area (Å²) in [6, 6.07) is 2.58. The number of hydrogen-bond acceptors (Lipinski definition) is 8. The Morgan fingerprint density at radius 3 is 2.78 bits per heavy atom. The maximum absolute atomic E-state index is 13.9. The summed E-state index contributed by atoms with van der Waals surface area (Å²) in [5, 5.41) is 14.6. The third kappa shape index (κ3) is 5.18. The molecule has 14 heteroatoms. The Morgan fingerprint density at radius 1 is 1.31 bits per heavy atom. The van der Waals surface area contributed by atoms with Gasteiger partial charge >= 0.3 is 6.03 Å². The van der Waals surface area contributed by atoms with Gasteiger partial charge in [0.05, 0.1) is 18.0 Å². The summed E-state index contributed by atoms with van der Waals surface area (Å²) in [7, 11) is -2.21. The van der Waals surface area contributed by atoms with Crippen LogP contribution in [0, 0.1) is 5.82 Å². The van der Waals surface area contributed by atoms with Crippen LogP contribution in [0.25, 0.3) is 0 Å². The topological polar surface area (TPSA) is 160 Å². The highest BCUT2D eigenvalue weighted by atomic mass is 32.2. The molecular formula is C22H26FN5O7S. The van der Waals surface area contributed by atoms with Gasteiger partial charge in [0.15, 0.2) is 5.69 Å². The predicted molar refractivity (Wildman–Crippen MR) is 126 cm³/mol. The summed E-state index contributed by atoms with van der Waals surface area (Å²) in [6.45, 7) is 0.738. The van der Waals surface area contributed by atoms with E-state index in [1.807, 2.05) is 5.32 Å². The Morgan fingerprint density at radius 2 is 2.08 bits per heavy atom. The first-order chi connectivity index (χ1) is 17.1. The Labute approximate surface area is 206 Å². The fourth-order valence-electron chi connectivity index (χ4n) is 4.23. The van der Waals surface area contributed by atoms with E-state index in [9.17, 15) is 32.3 Å². The van der Waals surface area contributed by atoms with E-state index in [2.05, 4.69) is 10.3 Å². The number of sulfonamides is 1. The number of anilines is 1. The number of urea groups is 1. The van der Waals surface area contributed by atoms with Crippen LogP contribution in [0.5, 0.6) is 5.75 Å². The van der Waals surface area contributed by atoms with Gasteiger partial charge in [-0.2, -0.15) is 0 Å². The van der Waals surface area contributed by atoms with Gasteiger partial charge in [0.2, 0.25) is 15.8 Å². The Kier molecular flexibility index (Phi) is 7.26. The summed E-state index contributed by atoms with van der Waals surface area (Å²) in [5.41, 5.74) is -1.01. The lowest BCUT2D eigenvalue weighted by Crippen LogP contribution is -2.41. The van der Waals surface area contributed by atoms with Gasteiger partial charge in [-0.3, -0.25) is 23.8 Å². The lowest BCUT2D eigenvalue weighted by molar-refractivity contribution is 0.0954. The monoisotopic (exact) mass is 523 g/mol. The zero-order valence-electron chi connectivity index (χ0n) is 19.5. The zero-order valence-corrected chi connectivity index (χ0v) is 20.3. The van der Waals surface area contributed by atoms with E-state index >= 15 is 0 Å². The van der Waals surface area contributed by atoms with Gasteiger partial charge in [0.25, 0.3) is 11.5 Å². The molecule has 3 heterocycles. The summed E-state index contributed by atoms with van der Waals surface area (Å²) in [5.74, 6) is -2.69. The van der Waals surface area contributed by atoms with E-state index in [1.54, 1.807) is 0 Å². The summed E-state index contributed by atoms with van der Waals surface area (Å²) >= 11 is 0. The highest BCUT2D eigenvalue weighted by molar-refractivity contribution is 7.92. The number of carbonyl (C=O) groups is 2. The molecule has 0 aliphatic carbocycles. The van der Waals surface area contributed by atoms with Gasteiger partial charge in [-0.25, -0.2) is 22.6 Å². The third-order valence-corrected chi connectivity index (χ3v) is 8.00. The Bertz CT molecular complexity index is 1360. The lowest BCUT2D eigenvalue weighted by atomic mass is 10.1. The number of nitrogens with one attached hydrogen (secondary N) is 2. The summed E-state index contributed by atoms with van der Waals surface area (Å²) in [6.07, 6.45) is 1.70. The molecule has 194 valence electrons. The van der Waals surface area contributed by atoms with E-state index < -0.39 is 44.8 Å². The largest absolute Gasteiger partial charge is 0.501 e. The number of halogens is 1. The number of amides is 3. The van der Waals surface area contributed by atoms with Crippen molar-refractivity contribution >= 4 is 27.6 Å². The van der Waals surface area contributed by atoms with E-state index in [1.165, 1.54) is 13.1 Å². The molecule has 0 saturated carbocycles. The van der Waals surface area contributed by atoms with Crippen LogP contribution in [0.15, 0.2) is 23.0 Å². The van der Waals surface area contributed by atoms with Crippen molar-refractivity contribution in [1.82, 2.24) is 20.2 Å². The molecule has 2 aliphatic rings. The molecule has 1 unspecified atom stereocenters. The van der Waals surface area contributed by atoms with Crippen LogP contribution in [-0.4, -0.2) is 60.5 Å². The lowest BCUT2D eigenvalue weighted by Gasteiger charge is -2.30. The first-order valence-corrected chi connectivity index (χ1v) is 12.9. The van der Waals surface area contributed by atoms with E-state index in [0.29, 0.717) is 38.0 Å². The Hall–Kier alpha value is -3.52. The third-order valence-electron chi connectivity index (χ3n) is 6.14. The molecule has 1 atom stereocenters. The SMILES string of the molecule is Cn1c(C2CCOC2)nc(C(=O)NC(=O)NCc2ccc(F)cc2N2CCCCS2(=O)=O)c(O)c1=O. The van der Waals surface area contributed by atoms with Crippen LogP contribution < -0.4 is 20.5 Å². The fourth-order valence-corrected chi connectivity index (χ4v) is 5.89. The smallest absolute Gasteiger partial charge is 0.322 e. The van der Waals surface area contributed by atoms with Crippen molar-refractivity contribution in [2.45, 2.75) is 31.7 Å². The van der Waals surface area contributed by atoms with Gasteiger partial charge in [0.1, 0.15) is 11.6 Å². The number of rotatable bonds is 5. The normalized spacial score (nSPS) is 19.2. The molecule has 1 aromatic carbocycles. The molecule has 2 fully saturated rings. The van der Waals surface area contributed by atoms with Crippen molar-refractivity contribution < 1.29 is 32.2 Å². The number of aromatic hydroxyl groups is 1. The van der Waals surface area contributed by atoms with Crippen molar-refractivity contribution in [3.8, 4) is 5.75 Å². The first-order valence-electron chi connectivity index (χ1n) is 11.3. The average Bonchev–Trinajstić information content (AvgIpc) is 3.36. The minimum atomic E-state index is -3.63. The molecule has 2 saturated heterocycles. The quantitative estimate of drug-likeness (QED) is 0.516. The molecule has 0 bridgehead atoms. The van der Waals surface area contributed by atoms with Crippen LogP contribution in [0.3, 0.4) is 0 Å². The van der Waals surface area contributed by atoms with Crippen molar-refractivity contribution in [2.24, 2.45) is 7.05 Å². The molecule has 0 spiro atoms. The van der Waals surface area contributed by atoms with Gasteiger partial charge in [-0.05, 0) is 37.0 Å². The molecule has 36 heavy (non-hydrogen) atoms. The minimum absolute atomic E-state index is 0.0621. The van der Waals surface area contributed by atoms with Crippen LogP contribution >= 0.6 is 0 Å². The highest BCUT2D eigenvalue weighted by Gasteiger charge is 2.29. The van der Waals surface area contributed by atoms with E-state index in [0.717, 1.165) is 21.0 Å². The molecule has 3 amide bonds. The van der Waals surface area contributed by atoms with Crippen LogP contribution in [-0.2, 0) is 28.4 Å². The molecular weight excluding hydrogens is 497 g/mol. The maximum Gasteiger partial charge on any atom is 0.322 e. The van der Waals surface area contributed by atoms with E-state index in [-0.39, 0.29) is 36.3 Å². The second-order valence-electron chi connectivity index (χ2n) is 8.60. The molecule has 2 aromatic rings. The number of carbonyl (C=O) groups excluding carboxylic acids is 2. The van der Waals surface area contributed by atoms with Gasteiger partial charge in [-0.1, -0.05) is 6.07 Å². The van der Waals surface area contributed by atoms with Gasteiger partial charge in [-0.15, -0.1) is 0 Å². The van der Waals surface area contributed by atoms with Crippen LogP contribution in [0.2, 0.25) is 0 Å². The molecule has 2 aliphatic heterocycles. The van der Waals surface area contributed by atoms with Gasteiger partial charge in [0, 0.05) is 32.7 Å². The molecule has 12 nitrogen and oxygen atoms in total. The first kappa shape index (κ1) is 25.6. The number of hydrogen-bond donors (Lipinski definition) is 3. The standard InChI is InChI=1S/C22H26FN5O7S/c1-27-19(14-6-8-35-12-14)25-17(18(29)21(27)31)20(30)26-22(32)24-11-13-4-5-15(23)10-16(13)28-7-2-3-9-36(28,33)34/h4-5,10,14,29H,2-3,6-9,11-12H2,1H3,(H2,24,26,30,32).